The van der Waals surface area contributed by atoms with E-state index in [9.17, 15) is 18.3 Å². The van der Waals surface area contributed by atoms with Gasteiger partial charge >= 0.3 is 5.97 Å². The molecular formula is C30H23ClFNO4S. The van der Waals surface area contributed by atoms with Crippen molar-refractivity contribution in [2.45, 2.75) is 18.2 Å². The van der Waals surface area contributed by atoms with Crippen LogP contribution < -0.4 is 0 Å². The average molecular weight is 548 g/mol. The number of aromatic amines is 1. The van der Waals surface area contributed by atoms with Crippen molar-refractivity contribution in [2.75, 3.05) is 6.26 Å². The van der Waals surface area contributed by atoms with Gasteiger partial charge < -0.3 is 10.1 Å². The van der Waals surface area contributed by atoms with Crippen molar-refractivity contribution in [3.05, 3.63) is 112 Å². The standard InChI is InChI=1S/C30H23ClFNO4S/c1-17-3-4-18(13-23(17)30(34)35)14-28-29(32)25-15-24(26(31)16-27(25)33-28)21-7-5-19(6-8-21)20-9-11-22(12-10-20)38(2,36)37/h3-13,15-16,33H,14H2,1-2H3,(H,34,35). The Morgan fingerprint density at radius 2 is 1.53 bits per heavy atom. The Bertz CT molecular complexity index is 1810. The number of halogens is 2. The molecule has 0 fully saturated rings. The molecule has 0 atom stereocenters. The summed E-state index contributed by atoms with van der Waals surface area (Å²) in [5.74, 6) is -1.42. The zero-order valence-electron chi connectivity index (χ0n) is 20.5. The van der Waals surface area contributed by atoms with E-state index in [2.05, 4.69) is 4.98 Å². The minimum absolute atomic E-state index is 0.194. The predicted molar refractivity (Wildman–Crippen MR) is 148 cm³/mol. The molecule has 5 rings (SSSR count). The Morgan fingerprint density at radius 1 is 0.921 bits per heavy atom. The molecule has 8 heteroatoms. The molecule has 0 aliphatic carbocycles. The number of aryl methyl sites for hydroxylation is 1. The first-order chi connectivity index (χ1) is 18.0. The lowest BCUT2D eigenvalue weighted by Gasteiger charge is -2.08. The monoisotopic (exact) mass is 547 g/mol. The number of carboxylic acid groups (broad SMARTS) is 1. The van der Waals surface area contributed by atoms with Gasteiger partial charge in [0.15, 0.2) is 15.7 Å². The molecule has 1 heterocycles. The van der Waals surface area contributed by atoms with Gasteiger partial charge in [0.1, 0.15) is 0 Å². The summed E-state index contributed by atoms with van der Waals surface area (Å²) in [6.45, 7) is 1.72. The summed E-state index contributed by atoms with van der Waals surface area (Å²) in [7, 11) is -3.27. The number of hydrogen-bond donors (Lipinski definition) is 2. The van der Waals surface area contributed by atoms with Crippen LogP contribution >= 0.6 is 11.6 Å². The first kappa shape index (κ1) is 25.7. The third kappa shape index (κ3) is 4.95. The maximum Gasteiger partial charge on any atom is 0.335 e. The smallest absolute Gasteiger partial charge is 0.335 e. The molecule has 4 aromatic carbocycles. The van der Waals surface area contributed by atoms with Gasteiger partial charge in [-0.2, -0.15) is 0 Å². The number of carboxylic acids is 1. The molecular weight excluding hydrogens is 525 g/mol. The highest BCUT2D eigenvalue weighted by molar-refractivity contribution is 7.90. The van der Waals surface area contributed by atoms with E-state index in [1.807, 2.05) is 24.3 Å². The average Bonchev–Trinajstić information content (AvgIpc) is 3.18. The zero-order chi connectivity index (χ0) is 27.2. The number of aromatic carboxylic acids is 1. The summed E-state index contributed by atoms with van der Waals surface area (Å²) in [5, 5.41) is 10.2. The molecule has 38 heavy (non-hydrogen) atoms. The van der Waals surface area contributed by atoms with Crippen LogP contribution in [-0.2, 0) is 16.3 Å². The van der Waals surface area contributed by atoms with Crippen molar-refractivity contribution in [3.8, 4) is 22.3 Å². The number of hydrogen-bond acceptors (Lipinski definition) is 3. The highest BCUT2D eigenvalue weighted by Gasteiger charge is 2.17. The van der Waals surface area contributed by atoms with Crippen LogP contribution in [0.3, 0.4) is 0 Å². The summed E-state index contributed by atoms with van der Waals surface area (Å²) in [6, 6.07) is 22.7. The Labute approximate surface area is 224 Å². The summed E-state index contributed by atoms with van der Waals surface area (Å²) in [5.41, 5.74) is 5.68. The molecule has 0 aliphatic heterocycles. The number of H-pyrrole nitrogens is 1. The fourth-order valence-corrected chi connectivity index (χ4v) is 5.43. The molecule has 1 aromatic heterocycles. The fraction of sp³-hybridized carbons (Fsp3) is 0.100. The van der Waals surface area contributed by atoms with E-state index in [1.54, 1.807) is 61.5 Å². The van der Waals surface area contributed by atoms with Crippen molar-refractivity contribution < 1.29 is 22.7 Å². The third-order valence-electron chi connectivity index (χ3n) is 6.62. The molecule has 0 amide bonds. The molecule has 0 saturated carbocycles. The maximum atomic E-state index is 15.4. The second kappa shape index (κ2) is 9.74. The van der Waals surface area contributed by atoms with Crippen molar-refractivity contribution in [1.29, 1.82) is 0 Å². The first-order valence-corrected chi connectivity index (χ1v) is 14.0. The zero-order valence-corrected chi connectivity index (χ0v) is 22.1. The number of aromatic nitrogens is 1. The van der Waals surface area contributed by atoms with Crippen molar-refractivity contribution in [3.63, 3.8) is 0 Å². The Morgan fingerprint density at radius 3 is 2.13 bits per heavy atom. The van der Waals surface area contributed by atoms with Crippen LogP contribution in [0.1, 0.15) is 27.2 Å². The summed E-state index contributed by atoms with van der Waals surface area (Å²) >= 11 is 6.58. The summed E-state index contributed by atoms with van der Waals surface area (Å²) in [4.78, 5) is 14.8. The Hall–Kier alpha value is -3.94. The van der Waals surface area contributed by atoms with E-state index in [0.717, 1.165) is 16.7 Å². The molecule has 0 spiro atoms. The second-order valence-corrected chi connectivity index (χ2v) is 11.7. The van der Waals surface area contributed by atoms with E-state index in [-0.39, 0.29) is 16.9 Å². The van der Waals surface area contributed by atoms with E-state index in [0.29, 0.717) is 38.3 Å². The lowest BCUT2D eigenvalue weighted by Crippen LogP contribution is -2.01. The van der Waals surface area contributed by atoms with Gasteiger partial charge in [-0.15, -0.1) is 0 Å². The van der Waals surface area contributed by atoms with Crippen molar-refractivity contribution >= 4 is 38.3 Å². The van der Waals surface area contributed by atoms with Crippen LogP contribution in [0, 0.1) is 12.7 Å². The van der Waals surface area contributed by atoms with Crippen LogP contribution in [0.4, 0.5) is 4.39 Å². The highest BCUT2D eigenvalue weighted by Crippen LogP contribution is 2.35. The summed E-state index contributed by atoms with van der Waals surface area (Å²) in [6.07, 6.45) is 1.38. The number of rotatable bonds is 6. The van der Waals surface area contributed by atoms with E-state index in [4.69, 9.17) is 11.6 Å². The molecule has 0 saturated heterocycles. The Balaban J connectivity index is 1.45. The van der Waals surface area contributed by atoms with Crippen molar-refractivity contribution in [1.82, 2.24) is 4.98 Å². The predicted octanol–water partition coefficient (Wildman–Crippen LogP) is 7.30. The van der Waals surface area contributed by atoms with E-state index >= 15 is 4.39 Å². The van der Waals surface area contributed by atoms with Crippen LogP contribution in [0.5, 0.6) is 0 Å². The quantitative estimate of drug-likeness (QED) is 0.233. The minimum atomic E-state index is -3.27. The molecule has 5 nitrogen and oxygen atoms in total. The van der Waals surface area contributed by atoms with Gasteiger partial charge in [-0.3, -0.25) is 0 Å². The maximum absolute atomic E-state index is 15.4. The normalized spacial score (nSPS) is 11.7. The molecule has 0 aliphatic rings. The van der Waals surface area contributed by atoms with Gasteiger partial charge in [0, 0.05) is 23.6 Å². The lowest BCUT2D eigenvalue weighted by atomic mass is 9.99. The van der Waals surface area contributed by atoms with Crippen molar-refractivity contribution in [2.24, 2.45) is 0 Å². The van der Waals surface area contributed by atoms with Gasteiger partial charge in [-0.1, -0.05) is 60.1 Å². The van der Waals surface area contributed by atoms with E-state index < -0.39 is 21.6 Å². The Kier molecular flexibility index (Phi) is 6.59. The lowest BCUT2D eigenvalue weighted by molar-refractivity contribution is 0.0696. The molecule has 0 bridgehead atoms. The number of sulfone groups is 1. The second-order valence-electron chi connectivity index (χ2n) is 9.30. The number of carbonyl (C=O) groups is 1. The number of benzene rings is 4. The van der Waals surface area contributed by atoms with Gasteiger partial charge in [0.2, 0.25) is 0 Å². The minimum Gasteiger partial charge on any atom is -0.478 e. The van der Waals surface area contributed by atoms with Gasteiger partial charge in [0.05, 0.1) is 26.7 Å². The number of nitrogens with one attached hydrogen (secondary N) is 1. The van der Waals surface area contributed by atoms with Crippen LogP contribution in [0.25, 0.3) is 33.2 Å². The van der Waals surface area contributed by atoms with Gasteiger partial charge in [0.25, 0.3) is 0 Å². The third-order valence-corrected chi connectivity index (χ3v) is 8.06. The van der Waals surface area contributed by atoms with Gasteiger partial charge in [-0.05, 0) is 65.1 Å². The summed E-state index contributed by atoms with van der Waals surface area (Å²) < 4.78 is 38.9. The van der Waals surface area contributed by atoms with Crippen LogP contribution in [0.2, 0.25) is 5.02 Å². The first-order valence-electron chi connectivity index (χ1n) is 11.7. The fourth-order valence-electron chi connectivity index (χ4n) is 4.53. The molecule has 192 valence electrons. The molecule has 0 radical (unpaired) electrons. The van der Waals surface area contributed by atoms with Crippen LogP contribution in [0.15, 0.2) is 83.8 Å². The molecule has 5 aromatic rings. The largest absolute Gasteiger partial charge is 0.478 e. The molecule has 0 unspecified atom stereocenters. The number of fused-ring (bicyclic) bond motifs is 1. The van der Waals surface area contributed by atoms with E-state index in [1.165, 1.54) is 6.26 Å². The van der Waals surface area contributed by atoms with Gasteiger partial charge in [-0.25, -0.2) is 17.6 Å². The highest BCUT2D eigenvalue weighted by atomic mass is 35.5. The van der Waals surface area contributed by atoms with Crippen LogP contribution in [-0.4, -0.2) is 30.7 Å². The molecule has 2 N–H and O–H groups in total. The topological polar surface area (TPSA) is 87.2 Å². The SMILES string of the molecule is Cc1ccc(Cc2[nH]c3cc(Cl)c(-c4ccc(-c5ccc(S(C)(=O)=O)cc5)cc4)cc3c2F)cc1C(=O)O.